The zero-order chi connectivity index (χ0) is 19.1. The Balaban J connectivity index is 1.43. The number of imidazole rings is 1. The van der Waals surface area contributed by atoms with Crippen molar-refractivity contribution in [2.45, 2.75) is 26.3 Å². The fourth-order valence-electron chi connectivity index (χ4n) is 2.72. The lowest BCUT2D eigenvalue weighted by molar-refractivity contribution is -0.121. The monoisotopic (exact) mass is 367 g/mol. The van der Waals surface area contributed by atoms with Gasteiger partial charge in [-0.3, -0.25) is 4.79 Å². The number of hydrogen-bond acceptors (Lipinski definition) is 3. The molecule has 0 atom stereocenters. The first-order valence-corrected chi connectivity index (χ1v) is 8.87. The predicted molar refractivity (Wildman–Crippen MR) is 101 cm³/mol. The van der Waals surface area contributed by atoms with Gasteiger partial charge in [-0.1, -0.05) is 24.3 Å². The third-order valence-corrected chi connectivity index (χ3v) is 4.15. The quantitative estimate of drug-likeness (QED) is 0.616. The molecule has 0 bridgehead atoms. The molecule has 2 aromatic carbocycles. The number of aryl methyl sites for hydroxylation is 1. The van der Waals surface area contributed by atoms with Crippen LogP contribution in [0.15, 0.2) is 60.9 Å². The molecule has 0 saturated carbocycles. The van der Waals surface area contributed by atoms with Crippen LogP contribution in [0.3, 0.4) is 0 Å². The molecule has 0 spiro atoms. The summed E-state index contributed by atoms with van der Waals surface area (Å²) in [5.74, 6) is 1.08. The molecule has 140 valence electrons. The van der Waals surface area contributed by atoms with E-state index in [-0.39, 0.29) is 11.7 Å². The fourth-order valence-corrected chi connectivity index (χ4v) is 2.72. The second kappa shape index (κ2) is 8.98. The van der Waals surface area contributed by atoms with E-state index in [2.05, 4.69) is 10.3 Å². The summed E-state index contributed by atoms with van der Waals surface area (Å²) in [6.07, 6.45) is 4.33. The maximum absolute atomic E-state index is 14.3. The minimum Gasteiger partial charge on any atom is -0.494 e. The molecule has 3 aromatic rings. The minimum absolute atomic E-state index is 0.0819. The highest BCUT2D eigenvalue weighted by Crippen LogP contribution is 2.17. The molecule has 27 heavy (non-hydrogen) atoms. The van der Waals surface area contributed by atoms with Gasteiger partial charge >= 0.3 is 0 Å². The summed E-state index contributed by atoms with van der Waals surface area (Å²) in [4.78, 5) is 16.0. The van der Waals surface area contributed by atoms with Gasteiger partial charge in [0.2, 0.25) is 5.91 Å². The number of rotatable bonds is 8. The highest BCUT2D eigenvalue weighted by molar-refractivity contribution is 5.75. The molecule has 0 aliphatic rings. The average Bonchev–Trinajstić information content (AvgIpc) is 3.10. The van der Waals surface area contributed by atoms with Crippen molar-refractivity contribution in [3.8, 4) is 11.4 Å². The van der Waals surface area contributed by atoms with Crippen LogP contribution in [0.5, 0.6) is 5.75 Å². The van der Waals surface area contributed by atoms with E-state index in [0.717, 1.165) is 5.75 Å². The number of para-hydroxylation sites is 1. The van der Waals surface area contributed by atoms with Crippen molar-refractivity contribution in [2.75, 3.05) is 6.61 Å². The van der Waals surface area contributed by atoms with Crippen molar-refractivity contribution in [2.24, 2.45) is 0 Å². The van der Waals surface area contributed by atoms with Crippen LogP contribution in [0.1, 0.15) is 24.2 Å². The van der Waals surface area contributed by atoms with Crippen molar-refractivity contribution in [1.82, 2.24) is 14.9 Å². The first-order valence-electron chi connectivity index (χ1n) is 8.87. The Labute approximate surface area is 157 Å². The Bertz CT molecular complexity index is 893. The SMILES string of the molecule is Cc1nccn1-c1ccc(CNC(=O)CCCOc2ccccc2)cc1F. The number of nitrogens with one attached hydrogen (secondary N) is 1. The molecule has 3 rings (SSSR count). The van der Waals surface area contributed by atoms with E-state index in [0.29, 0.717) is 43.1 Å². The largest absolute Gasteiger partial charge is 0.494 e. The Morgan fingerprint density at radius 1 is 1.22 bits per heavy atom. The Kier molecular flexibility index (Phi) is 6.20. The highest BCUT2D eigenvalue weighted by atomic mass is 19.1. The van der Waals surface area contributed by atoms with Gasteiger partial charge in [-0.05, 0) is 43.2 Å². The summed E-state index contributed by atoms with van der Waals surface area (Å²) < 4.78 is 21.6. The number of carbonyl (C=O) groups excluding carboxylic acids is 1. The molecule has 1 N–H and O–H groups in total. The predicted octanol–water partition coefficient (Wildman–Crippen LogP) is 3.80. The van der Waals surface area contributed by atoms with Gasteiger partial charge in [-0.2, -0.15) is 0 Å². The summed E-state index contributed by atoms with van der Waals surface area (Å²) in [5, 5.41) is 2.81. The lowest BCUT2D eigenvalue weighted by Crippen LogP contribution is -2.23. The van der Waals surface area contributed by atoms with Crippen LogP contribution in [0.25, 0.3) is 5.69 Å². The zero-order valence-electron chi connectivity index (χ0n) is 15.2. The molecule has 1 aromatic heterocycles. The maximum atomic E-state index is 14.3. The van der Waals surface area contributed by atoms with Crippen molar-refractivity contribution < 1.29 is 13.9 Å². The Hall–Kier alpha value is -3.15. The molecular formula is C21H22FN3O2. The van der Waals surface area contributed by atoms with Gasteiger partial charge in [0.15, 0.2) is 0 Å². The molecule has 0 fully saturated rings. The standard InChI is InChI=1S/C21H22FN3O2/c1-16-23-11-12-25(16)20-10-9-17(14-19(20)22)15-24-21(26)8-5-13-27-18-6-3-2-4-7-18/h2-4,6-7,9-12,14H,5,8,13,15H2,1H3,(H,24,26). The fraction of sp³-hybridized carbons (Fsp3) is 0.238. The van der Waals surface area contributed by atoms with Crippen LogP contribution in [-0.4, -0.2) is 22.1 Å². The van der Waals surface area contributed by atoms with Gasteiger partial charge in [0.25, 0.3) is 0 Å². The van der Waals surface area contributed by atoms with Gasteiger partial charge in [0.1, 0.15) is 17.4 Å². The number of ether oxygens (including phenoxy) is 1. The number of benzene rings is 2. The zero-order valence-corrected chi connectivity index (χ0v) is 15.2. The van der Waals surface area contributed by atoms with E-state index in [9.17, 15) is 9.18 Å². The van der Waals surface area contributed by atoms with Gasteiger partial charge in [0.05, 0.1) is 12.3 Å². The molecule has 0 radical (unpaired) electrons. The van der Waals surface area contributed by atoms with Crippen LogP contribution in [0.2, 0.25) is 0 Å². The third kappa shape index (κ3) is 5.17. The average molecular weight is 367 g/mol. The summed E-state index contributed by atoms with van der Waals surface area (Å²) >= 11 is 0. The normalized spacial score (nSPS) is 10.6. The number of hydrogen-bond donors (Lipinski definition) is 1. The van der Waals surface area contributed by atoms with Gasteiger partial charge in [-0.15, -0.1) is 0 Å². The summed E-state index contributed by atoms with van der Waals surface area (Å²) in [7, 11) is 0. The minimum atomic E-state index is -0.348. The number of carbonyl (C=O) groups is 1. The number of nitrogens with zero attached hydrogens (tertiary/aromatic N) is 2. The van der Waals surface area contributed by atoms with E-state index < -0.39 is 0 Å². The molecule has 0 aliphatic carbocycles. The van der Waals surface area contributed by atoms with E-state index in [1.165, 1.54) is 6.07 Å². The van der Waals surface area contributed by atoms with Crippen molar-refractivity contribution in [3.05, 3.63) is 78.1 Å². The van der Waals surface area contributed by atoms with Gasteiger partial charge < -0.3 is 14.6 Å². The molecule has 0 saturated heterocycles. The number of aromatic nitrogens is 2. The summed E-state index contributed by atoms with van der Waals surface area (Å²) in [5.41, 5.74) is 1.15. The van der Waals surface area contributed by atoms with E-state index >= 15 is 0 Å². The van der Waals surface area contributed by atoms with E-state index in [1.54, 1.807) is 29.1 Å². The van der Waals surface area contributed by atoms with Crippen LogP contribution in [0.4, 0.5) is 4.39 Å². The second-order valence-corrected chi connectivity index (χ2v) is 6.17. The molecule has 1 amide bonds. The summed E-state index contributed by atoms with van der Waals surface area (Å²) in [6.45, 7) is 2.58. The van der Waals surface area contributed by atoms with Crippen molar-refractivity contribution >= 4 is 5.91 Å². The Morgan fingerprint density at radius 3 is 2.74 bits per heavy atom. The van der Waals surface area contributed by atoms with Gasteiger partial charge in [-0.25, -0.2) is 9.37 Å². The Morgan fingerprint density at radius 2 is 2.04 bits per heavy atom. The van der Waals surface area contributed by atoms with Crippen LogP contribution in [-0.2, 0) is 11.3 Å². The molecule has 1 heterocycles. The number of amides is 1. The first kappa shape index (κ1) is 18.6. The lowest BCUT2D eigenvalue weighted by atomic mass is 10.2. The second-order valence-electron chi connectivity index (χ2n) is 6.17. The van der Waals surface area contributed by atoms with Crippen LogP contribution in [0, 0.1) is 12.7 Å². The molecule has 0 unspecified atom stereocenters. The molecule has 6 heteroatoms. The van der Waals surface area contributed by atoms with Crippen molar-refractivity contribution in [1.29, 1.82) is 0 Å². The first-order chi connectivity index (χ1) is 13.1. The van der Waals surface area contributed by atoms with Crippen LogP contribution >= 0.6 is 0 Å². The molecular weight excluding hydrogens is 345 g/mol. The molecule has 0 aliphatic heterocycles. The third-order valence-electron chi connectivity index (χ3n) is 4.15. The smallest absolute Gasteiger partial charge is 0.220 e. The topological polar surface area (TPSA) is 56.2 Å². The van der Waals surface area contributed by atoms with E-state index in [4.69, 9.17) is 4.74 Å². The maximum Gasteiger partial charge on any atom is 0.220 e. The lowest BCUT2D eigenvalue weighted by Gasteiger charge is -2.10. The van der Waals surface area contributed by atoms with Crippen LogP contribution < -0.4 is 10.1 Å². The highest BCUT2D eigenvalue weighted by Gasteiger charge is 2.09. The summed E-state index contributed by atoms with van der Waals surface area (Å²) in [6, 6.07) is 14.4. The van der Waals surface area contributed by atoms with E-state index in [1.807, 2.05) is 37.3 Å². The van der Waals surface area contributed by atoms with Crippen molar-refractivity contribution in [3.63, 3.8) is 0 Å². The number of halogens is 1. The van der Waals surface area contributed by atoms with Gasteiger partial charge in [0, 0.05) is 25.4 Å². The molecule has 5 nitrogen and oxygen atoms in total.